The molecule has 0 aliphatic carbocycles. The average Bonchev–Trinajstić information content (AvgIpc) is 4.01. The lowest BCUT2D eigenvalue weighted by atomic mass is 9.98. The maximum atomic E-state index is 13.0. The number of hydrogen-bond acceptors (Lipinski definition) is 14. The van der Waals surface area contributed by atoms with E-state index in [9.17, 15) is 9.59 Å². The molecule has 16 heteroatoms. The zero-order valence-electron chi connectivity index (χ0n) is 35.5. The van der Waals surface area contributed by atoms with Crippen LogP contribution >= 0.6 is 0 Å². The molecule has 2 aromatic heterocycles. The van der Waals surface area contributed by atoms with Crippen LogP contribution in [-0.2, 0) is 86.8 Å². The van der Waals surface area contributed by atoms with E-state index < -0.39 is 54.7 Å². The number of methoxy groups -OCH3 is 3. The molecule has 0 N–H and O–H groups in total. The summed E-state index contributed by atoms with van der Waals surface area (Å²) in [6, 6.07) is 37.3. The van der Waals surface area contributed by atoms with E-state index in [0.29, 0.717) is 24.2 Å². The van der Waals surface area contributed by atoms with Crippen LogP contribution in [0.2, 0.25) is 0 Å². The molecule has 1 saturated heterocycles. The Hall–Kier alpha value is -6.14. The van der Waals surface area contributed by atoms with Crippen molar-refractivity contribution in [3.05, 3.63) is 167 Å². The molecule has 6 aromatic rings. The fourth-order valence-electron chi connectivity index (χ4n) is 7.34. The second-order valence-electron chi connectivity index (χ2n) is 14.9. The predicted molar refractivity (Wildman–Crippen MR) is 226 cm³/mol. The topological polar surface area (TPSA) is 169 Å². The van der Waals surface area contributed by atoms with Gasteiger partial charge in [-0.15, -0.1) is 10.2 Å². The first kappa shape index (κ1) is 44.9. The number of rotatable bonds is 22. The van der Waals surface area contributed by atoms with Gasteiger partial charge in [0.25, 0.3) is 0 Å². The number of carbonyl (C=O) groups is 2. The first-order chi connectivity index (χ1) is 30.9. The molecule has 16 nitrogen and oxygen atoms in total. The highest BCUT2D eigenvalue weighted by Crippen LogP contribution is 2.31. The number of ether oxygens (including phenoxy) is 8. The van der Waals surface area contributed by atoms with Crippen molar-refractivity contribution in [2.45, 2.75) is 82.1 Å². The molecule has 0 amide bonds. The van der Waals surface area contributed by atoms with Crippen LogP contribution in [0.25, 0.3) is 0 Å². The summed E-state index contributed by atoms with van der Waals surface area (Å²) in [6.07, 6.45) is 0.155. The van der Waals surface area contributed by atoms with Gasteiger partial charge in [0.1, 0.15) is 35.8 Å². The number of aromatic nitrogens is 6. The Labute approximate surface area is 365 Å². The molecule has 7 rings (SSSR count). The first-order valence-corrected chi connectivity index (χ1v) is 20.7. The molecular formula is C47H52N6O10. The summed E-state index contributed by atoms with van der Waals surface area (Å²) >= 11 is 0. The van der Waals surface area contributed by atoms with Gasteiger partial charge in [-0.3, -0.25) is 0 Å². The molecule has 63 heavy (non-hydrogen) atoms. The van der Waals surface area contributed by atoms with Crippen molar-refractivity contribution < 1.29 is 47.5 Å². The van der Waals surface area contributed by atoms with E-state index in [2.05, 4.69) is 20.6 Å². The molecule has 0 unspecified atom stereocenters. The van der Waals surface area contributed by atoms with Gasteiger partial charge in [0.05, 0.1) is 59.6 Å². The van der Waals surface area contributed by atoms with Crippen LogP contribution < -0.4 is 0 Å². The van der Waals surface area contributed by atoms with Gasteiger partial charge in [-0.1, -0.05) is 132 Å². The molecule has 4 aromatic carbocycles. The zero-order valence-corrected chi connectivity index (χ0v) is 35.5. The number of esters is 2. The van der Waals surface area contributed by atoms with Crippen LogP contribution in [0.4, 0.5) is 0 Å². The van der Waals surface area contributed by atoms with Crippen LogP contribution in [0.5, 0.6) is 0 Å². The maximum absolute atomic E-state index is 13.0. The lowest BCUT2D eigenvalue weighted by molar-refractivity contribution is -0.323. The lowest BCUT2D eigenvalue weighted by Crippen LogP contribution is -2.61. The summed E-state index contributed by atoms with van der Waals surface area (Å²) in [5, 5.41) is 17.2. The van der Waals surface area contributed by atoms with Gasteiger partial charge >= 0.3 is 11.9 Å². The minimum atomic E-state index is -0.873. The number of benzene rings is 4. The molecule has 0 bridgehead atoms. The van der Waals surface area contributed by atoms with Gasteiger partial charge in [-0.2, -0.15) is 0 Å². The summed E-state index contributed by atoms with van der Waals surface area (Å²) in [6.45, 7) is 0.530. The van der Waals surface area contributed by atoms with Gasteiger partial charge in [0.15, 0.2) is 18.4 Å². The van der Waals surface area contributed by atoms with E-state index in [1.165, 1.54) is 23.6 Å². The van der Waals surface area contributed by atoms with Gasteiger partial charge < -0.3 is 37.9 Å². The van der Waals surface area contributed by atoms with Crippen molar-refractivity contribution in [3.8, 4) is 0 Å². The highest BCUT2D eigenvalue weighted by Gasteiger charge is 2.49. The van der Waals surface area contributed by atoms with Crippen molar-refractivity contribution in [2.24, 2.45) is 0 Å². The van der Waals surface area contributed by atoms with Crippen molar-refractivity contribution in [3.63, 3.8) is 0 Å². The van der Waals surface area contributed by atoms with Gasteiger partial charge in [-0.05, 0) is 22.3 Å². The van der Waals surface area contributed by atoms with E-state index in [1.807, 2.05) is 121 Å². The van der Waals surface area contributed by atoms with Crippen LogP contribution in [0.1, 0.15) is 45.7 Å². The third-order valence-electron chi connectivity index (χ3n) is 10.6. The SMILES string of the molecule is COC(=O)[C@H](Cc1ccccc1)n1cc(COC[C@H]2O[C@H](OC)[C@H](OCc3ccccc3)[C@@H](OCc3ccccc3)[C@@H]2OCc2cn([C@@H](Cc3ccccc3)C(=O)OC)nn2)nn1. The van der Waals surface area contributed by atoms with E-state index >= 15 is 0 Å². The Morgan fingerprint density at radius 1 is 0.556 bits per heavy atom. The zero-order chi connectivity index (χ0) is 43.8. The average molecular weight is 861 g/mol. The number of hydrogen-bond donors (Lipinski definition) is 0. The van der Waals surface area contributed by atoms with Crippen molar-refractivity contribution in [1.82, 2.24) is 30.0 Å². The first-order valence-electron chi connectivity index (χ1n) is 20.7. The summed E-state index contributed by atoms with van der Waals surface area (Å²) in [5.74, 6) is -0.899. The van der Waals surface area contributed by atoms with Crippen LogP contribution in [0.15, 0.2) is 134 Å². The Morgan fingerprint density at radius 2 is 0.984 bits per heavy atom. The highest BCUT2D eigenvalue weighted by molar-refractivity contribution is 5.74. The van der Waals surface area contributed by atoms with E-state index in [1.54, 1.807) is 19.5 Å². The highest BCUT2D eigenvalue weighted by atomic mass is 16.7. The van der Waals surface area contributed by atoms with Crippen molar-refractivity contribution in [2.75, 3.05) is 27.9 Å². The molecular weight excluding hydrogens is 809 g/mol. The predicted octanol–water partition coefficient (Wildman–Crippen LogP) is 5.43. The Bertz CT molecular complexity index is 2280. The molecule has 0 radical (unpaired) electrons. The molecule has 330 valence electrons. The van der Waals surface area contributed by atoms with Gasteiger partial charge in [-0.25, -0.2) is 19.0 Å². The summed E-state index contributed by atoms with van der Waals surface area (Å²) < 4.78 is 52.0. The lowest BCUT2D eigenvalue weighted by Gasteiger charge is -2.45. The molecule has 3 heterocycles. The van der Waals surface area contributed by atoms with Crippen LogP contribution in [0, 0.1) is 0 Å². The second-order valence-corrected chi connectivity index (χ2v) is 14.9. The molecule has 1 aliphatic heterocycles. The smallest absolute Gasteiger partial charge is 0.331 e. The van der Waals surface area contributed by atoms with E-state index in [-0.39, 0.29) is 33.0 Å². The normalized spacial score (nSPS) is 19.6. The van der Waals surface area contributed by atoms with Crippen molar-refractivity contribution in [1.29, 1.82) is 0 Å². The van der Waals surface area contributed by atoms with Gasteiger partial charge in [0, 0.05) is 20.0 Å². The third kappa shape index (κ3) is 12.3. The fraction of sp³-hybridized carbons (Fsp3) is 0.362. The minimum absolute atomic E-state index is 0.0205. The number of carbonyl (C=O) groups excluding carboxylic acids is 2. The van der Waals surface area contributed by atoms with Crippen LogP contribution in [0.3, 0.4) is 0 Å². The van der Waals surface area contributed by atoms with Crippen molar-refractivity contribution >= 4 is 11.9 Å². The summed E-state index contributed by atoms with van der Waals surface area (Å²) in [7, 11) is 4.24. The second kappa shape index (κ2) is 22.8. The minimum Gasteiger partial charge on any atom is -0.467 e. The van der Waals surface area contributed by atoms with E-state index in [4.69, 9.17) is 37.9 Å². The molecule has 1 aliphatic rings. The largest absolute Gasteiger partial charge is 0.467 e. The van der Waals surface area contributed by atoms with Crippen LogP contribution in [-0.4, -0.2) is 101 Å². The molecule has 0 spiro atoms. The third-order valence-corrected chi connectivity index (χ3v) is 10.6. The molecule has 0 saturated carbocycles. The Balaban J connectivity index is 1.12. The monoisotopic (exact) mass is 860 g/mol. The quantitative estimate of drug-likeness (QED) is 0.0793. The fourth-order valence-corrected chi connectivity index (χ4v) is 7.34. The summed E-state index contributed by atoms with van der Waals surface area (Å²) in [5.41, 5.74) is 4.73. The molecule has 7 atom stereocenters. The maximum Gasteiger partial charge on any atom is 0.331 e. The van der Waals surface area contributed by atoms with Gasteiger partial charge in [0.2, 0.25) is 0 Å². The Morgan fingerprint density at radius 3 is 1.44 bits per heavy atom. The number of nitrogens with zero attached hydrogens (tertiary/aromatic N) is 6. The Kier molecular flexibility index (Phi) is 16.3. The summed E-state index contributed by atoms with van der Waals surface area (Å²) in [4.78, 5) is 25.8. The standard InChI is InChI=1S/C47H52N6O10/c1-56-45(54)39(24-33-16-8-4-9-17-33)52-26-37(48-50-52)30-59-32-41-42(62-31-38-27-53(51-49-38)40(46(55)57-2)25-34-18-10-5-11-19-34)43(60-28-35-20-12-6-13-21-35)44(47(58-3)63-41)61-29-36-22-14-7-15-23-36/h4-23,26-27,39-44,47H,24-25,28-32H2,1-3H3/t39-,40-,41+,42+,43-,44+,47-/m0/s1. The van der Waals surface area contributed by atoms with E-state index in [0.717, 1.165) is 22.3 Å². The molecule has 1 fully saturated rings.